The fourth-order valence-corrected chi connectivity index (χ4v) is 4.68. The van der Waals surface area contributed by atoms with Crippen LogP contribution in [-0.4, -0.2) is 16.1 Å². The van der Waals surface area contributed by atoms with Crippen LogP contribution in [0.1, 0.15) is 32.9 Å². The number of carbonyl (C=O) groups is 1. The molecule has 1 amide bonds. The average molecular weight is 477 g/mol. The van der Waals surface area contributed by atoms with Crippen molar-refractivity contribution < 1.29 is 25.7 Å². The summed E-state index contributed by atoms with van der Waals surface area (Å²) in [5, 5.41) is 1.25. The van der Waals surface area contributed by atoms with Crippen LogP contribution >= 0.6 is 10.8 Å². The van der Waals surface area contributed by atoms with Gasteiger partial charge in [0.2, 0.25) is 5.17 Å². The Morgan fingerprint density at radius 1 is 0.939 bits per heavy atom. The molecule has 0 unspecified atom stereocenters. The van der Waals surface area contributed by atoms with Gasteiger partial charge in [-0.3, -0.25) is 15.1 Å². The minimum Gasteiger partial charge on any atom is -0.298 e. The van der Waals surface area contributed by atoms with Crippen molar-refractivity contribution in [3.05, 3.63) is 101 Å². The van der Waals surface area contributed by atoms with Gasteiger partial charge in [-0.15, -0.1) is 7.77 Å². The molecule has 0 spiro atoms. The van der Waals surface area contributed by atoms with Gasteiger partial charge in [-0.25, -0.2) is 4.99 Å². The molecule has 0 fully saturated rings. The Morgan fingerprint density at radius 2 is 1.64 bits per heavy atom. The van der Waals surface area contributed by atoms with Crippen molar-refractivity contribution in [3.63, 3.8) is 0 Å². The summed E-state index contributed by atoms with van der Waals surface area (Å²) in [6, 6.07) is 16.1. The maximum absolute atomic E-state index is 15.7. The monoisotopic (exact) mass is 477 g/mol. The molecule has 170 valence electrons. The van der Waals surface area contributed by atoms with E-state index in [1.165, 1.54) is 24.3 Å². The Balaban J connectivity index is 1.84. The van der Waals surface area contributed by atoms with E-state index in [0.717, 1.165) is 12.1 Å². The van der Waals surface area contributed by atoms with Crippen LogP contribution in [0, 0.1) is 6.92 Å². The van der Waals surface area contributed by atoms with Gasteiger partial charge in [0.25, 0.3) is 5.91 Å². The van der Waals surface area contributed by atoms with Gasteiger partial charge in [0, 0.05) is 11.3 Å². The fraction of sp³-hybridized carbons (Fsp3) is 0.0870. The Morgan fingerprint density at radius 3 is 2.30 bits per heavy atom. The molecule has 4 rings (SSSR count). The number of aliphatic imine (C=N–C) groups is 1. The first kappa shape index (κ1) is 22.7. The van der Waals surface area contributed by atoms with E-state index in [-0.39, 0.29) is 22.5 Å². The zero-order chi connectivity index (χ0) is 23.8. The number of hydrogen-bond acceptors (Lipinski definition) is 3. The Kier molecular flexibility index (Phi) is 5.79. The minimum atomic E-state index is -4.97. The number of benzene rings is 2. The number of carbonyl (C=O) groups excluding carboxylic acids is 1. The SMILES string of the molecule is Cc1cccc(C2=C(c3cccc(C(F)(F)F)c3)S(F)(F)C(NC(=O)c3ccccc3)=N2)n1. The van der Waals surface area contributed by atoms with Crippen molar-refractivity contribution in [2.24, 2.45) is 4.99 Å². The van der Waals surface area contributed by atoms with Crippen molar-refractivity contribution >= 4 is 32.5 Å². The third-order valence-corrected chi connectivity index (χ3v) is 6.39. The highest BCUT2D eigenvalue weighted by Gasteiger charge is 2.45. The summed E-state index contributed by atoms with van der Waals surface area (Å²) in [5.74, 6) is -0.802. The fourth-order valence-electron chi connectivity index (χ4n) is 3.25. The number of alkyl halides is 3. The van der Waals surface area contributed by atoms with E-state index >= 15 is 7.77 Å². The van der Waals surface area contributed by atoms with Crippen LogP contribution in [0.5, 0.6) is 0 Å². The predicted octanol–water partition coefficient (Wildman–Crippen LogP) is 6.61. The summed E-state index contributed by atoms with van der Waals surface area (Å²) in [7, 11) is -4.97. The molecule has 0 radical (unpaired) electrons. The molecule has 4 nitrogen and oxygen atoms in total. The molecular formula is C23H16F5N3OS. The molecule has 3 aromatic rings. The molecule has 0 aliphatic carbocycles. The summed E-state index contributed by atoms with van der Waals surface area (Å²) in [4.78, 5) is 20.0. The van der Waals surface area contributed by atoms with E-state index < -0.39 is 38.5 Å². The number of pyridine rings is 1. The van der Waals surface area contributed by atoms with Crippen LogP contribution in [-0.2, 0) is 6.18 Å². The Bertz CT molecular complexity index is 1290. The van der Waals surface area contributed by atoms with Crippen LogP contribution in [0.25, 0.3) is 10.6 Å². The molecule has 1 aliphatic heterocycles. The number of aryl methyl sites for hydroxylation is 1. The molecule has 0 atom stereocenters. The third kappa shape index (κ3) is 4.51. The average Bonchev–Trinajstić information content (AvgIpc) is 3.04. The van der Waals surface area contributed by atoms with Crippen molar-refractivity contribution in [1.29, 1.82) is 0 Å². The standard InChI is InChI=1S/C23H16F5N3OS/c1-14-7-5-12-18(29-14)19-20(16-10-6-11-17(13-16)23(24,25)26)33(27,28)22(30-19)31-21(32)15-8-3-2-4-9-15/h2-13H,1H3,(H,30,31,32). The highest BCUT2D eigenvalue weighted by atomic mass is 32.3. The van der Waals surface area contributed by atoms with Crippen molar-refractivity contribution in [3.8, 4) is 0 Å². The number of rotatable bonds is 3. The predicted molar refractivity (Wildman–Crippen MR) is 118 cm³/mol. The first-order valence-electron chi connectivity index (χ1n) is 9.61. The lowest BCUT2D eigenvalue weighted by molar-refractivity contribution is -0.137. The van der Waals surface area contributed by atoms with Gasteiger partial charge in [-0.2, -0.15) is 13.2 Å². The van der Waals surface area contributed by atoms with Crippen LogP contribution in [0.2, 0.25) is 0 Å². The number of hydrogen-bond donors (Lipinski definition) is 1. The third-order valence-electron chi connectivity index (χ3n) is 4.77. The zero-order valence-electron chi connectivity index (χ0n) is 17.0. The molecule has 2 aromatic carbocycles. The van der Waals surface area contributed by atoms with Gasteiger partial charge in [-0.1, -0.05) is 36.4 Å². The molecule has 1 N–H and O–H groups in total. The first-order valence-corrected chi connectivity index (χ1v) is 11.0. The lowest BCUT2D eigenvalue weighted by atomic mass is 10.1. The molecule has 1 aliphatic rings. The first-order chi connectivity index (χ1) is 15.6. The van der Waals surface area contributed by atoms with Crippen molar-refractivity contribution in [1.82, 2.24) is 10.3 Å². The second-order valence-electron chi connectivity index (χ2n) is 7.13. The number of nitrogens with one attached hydrogen (secondary N) is 1. The maximum atomic E-state index is 15.7. The van der Waals surface area contributed by atoms with Crippen LogP contribution in [0.4, 0.5) is 20.9 Å². The maximum Gasteiger partial charge on any atom is 0.416 e. The summed E-state index contributed by atoms with van der Waals surface area (Å²) in [6.45, 7) is 1.65. The highest BCUT2D eigenvalue weighted by molar-refractivity contribution is 8.45. The number of amides is 1. The van der Waals surface area contributed by atoms with Crippen LogP contribution in [0.3, 0.4) is 0 Å². The summed E-state index contributed by atoms with van der Waals surface area (Å²) >= 11 is 0. The van der Waals surface area contributed by atoms with E-state index in [9.17, 15) is 18.0 Å². The van der Waals surface area contributed by atoms with Crippen LogP contribution < -0.4 is 5.32 Å². The van der Waals surface area contributed by atoms with E-state index in [1.807, 2.05) is 0 Å². The van der Waals surface area contributed by atoms with Gasteiger partial charge in [0.15, 0.2) is 0 Å². The molecule has 0 bridgehead atoms. The Hall–Kier alpha value is -3.53. The number of halogens is 5. The second-order valence-corrected chi connectivity index (χ2v) is 8.86. The Labute approximate surface area is 187 Å². The van der Waals surface area contributed by atoms with Gasteiger partial charge < -0.3 is 0 Å². The molecule has 10 heteroatoms. The topological polar surface area (TPSA) is 54.4 Å². The highest BCUT2D eigenvalue weighted by Crippen LogP contribution is 2.69. The lowest BCUT2D eigenvalue weighted by Crippen LogP contribution is -2.30. The van der Waals surface area contributed by atoms with Crippen molar-refractivity contribution in [2.75, 3.05) is 0 Å². The molecular weight excluding hydrogens is 461 g/mol. The van der Waals surface area contributed by atoms with E-state index in [1.54, 1.807) is 37.3 Å². The molecule has 0 saturated heterocycles. The summed E-state index contributed by atoms with van der Waals surface area (Å²) in [5.41, 5.74) is -0.964. The normalized spacial score (nSPS) is 16.4. The van der Waals surface area contributed by atoms with E-state index in [2.05, 4.69) is 15.3 Å². The molecule has 0 saturated carbocycles. The molecule has 2 heterocycles. The summed E-state index contributed by atoms with van der Waals surface area (Å²) < 4.78 is 71.1. The second kappa shape index (κ2) is 8.43. The van der Waals surface area contributed by atoms with Crippen molar-refractivity contribution in [2.45, 2.75) is 13.1 Å². The van der Waals surface area contributed by atoms with E-state index in [4.69, 9.17) is 0 Å². The minimum absolute atomic E-state index is 0.0681. The van der Waals surface area contributed by atoms with Gasteiger partial charge in [-0.05, 0) is 48.9 Å². The number of nitrogens with zero attached hydrogens (tertiary/aromatic N) is 2. The smallest absolute Gasteiger partial charge is 0.298 e. The molecule has 1 aromatic heterocycles. The quantitative estimate of drug-likeness (QED) is 0.432. The van der Waals surface area contributed by atoms with Crippen LogP contribution in [0.15, 0.2) is 77.8 Å². The van der Waals surface area contributed by atoms with E-state index in [0.29, 0.717) is 11.8 Å². The zero-order valence-corrected chi connectivity index (χ0v) is 17.8. The largest absolute Gasteiger partial charge is 0.416 e. The number of aromatic nitrogens is 1. The van der Waals surface area contributed by atoms with Gasteiger partial charge in [0.1, 0.15) is 16.5 Å². The summed E-state index contributed by atoms with van der Waals surface area (Å²) in [6.07, 6.45) is -4.72. The number of amidine groups is 1. The molecule has 33 heavy (non-hydrogen) atoms. The lowest BCUT2D eigenvalue weighted by Gasteiger charge is -2.22. The van der Waals surface area contributed by atoms with Gasteiger partial charge in [0.05, 0.1) is 16.2 Å². The van der Waals surface area contributed by atoms with Gasteiger partial charge >= 0.3 is 6.18 Å².